The van der Waals surface area contributed by atoms with Gasteiger partial charge in [0.05, 0.1) is 22.5 Å². The summed E-state index contributed by atoms with van der Waals surface area (Å²) in [6.07, 6.45) is 1.69. The van der Waals surface area contributed by atoms with E-state index in [2.05, 4.69) is 34.1 Å². The molecule has 4 aromatic carbocycles. The zero-order valence-electron chi connectivity index (χ0n) is 21.6. The Hall–Kier alpha value is -3.46. The van der Waals surface area contributed by atoms with Gasteiger partial charge in [-0.15, -0.1) is 0 Å². The van der Waals surface area contributed by atoms with Crippen LogP contribution in [0.3, 0.4) is 0 Å². The number of rotatable bonds is 10. The van der Waals surface area contributed by atoms with E-state index in [0.717, 1.165) is 28.1 Å². The minimum atomic E-state index is -0.361. The van der Waals surface area contributed by atoms with Crippen molar-refractivity contribution < 1.29 is 23.8 Å². The number of hydrogen-bond acceptors (Lipinski definition) is 6. The summed E-state index contributed by atoms with van der Waals surface area (Å²) in [6, 6.07) is 24.9. The van der Waals surface area contributed by atoms with Crippen molar-refractivity contribution in [1.82, 2.24) is 4.90 Å². The minimum Gasteiger partial charge on any atom is -0.492 e. The summed E-state index contributed by atoms with van der Waals surface area (Å²) < 4.78 is 18.5. The van der Waals surface area contributed by atoms with Crippen LogP contribution < -0.4 is 14.2 Å². The molecule has 2 amide bonds. The monoisotopic (exact) mass is 637 g/mol. The molecule has 0 saturated carbocycles. The maximum Gasteiger partial charge on any atom is 0.293 e. The van der Waals surface area contributed by atoms with Gasteiger partial charge in [-0.1, -0.05) is 54.1 Å². The first-order valence-corrected chi connectivity index (χ1v) is 14.6. The van der Waals surface area contributed by atoms with Gasteiger partial charge in [0.2, 0.25) is 0 Å². The maximum absolute atomic E-state index is 13.0. The summed E-state index contributed by atoms with van der Waals surface area (Å²) in [4.78, 5) is 27.1. The van der Waals surface area contributed by atoms with Gasteiger partial charge >= 0.3 is 0 Å². The molecule has 0 radical (unpaired) electrons. The third-order valence-corrected chi connectivity index (χ3v) is 7.90. The molecule has 0 spiro atoms. The fourth-order valence-electron chi connectivity index (χ4n) is 4.27. The Bertz CT molecular complexity index is 1590. The van der Waals surface area contributed by atoms with Gasteiger partial charge < -0.3 is 14.2 Å². The van der Waals surface area contributed by atoms with Crippen LogP contribution >= 0.6 is 39.3 Å². The second-order valence-corrected chi connectivity index (χ2v) is 11.1. The highest BCUT2D eigenvalue weighted by Gasteiger charge is 2.35. The predicted molar refractivity (Wildman–Crippen MR) is 163 cm³/mol. The van der Waals surface area contributed by atoms with Crippen LogP contribution in [0.5, 0.6) is 17.2 Å². The Labute approximate surface area is 250 Å². The summed E-state index contributed by atoms with van der Waals surface area (Å²) in [6.45, 7) is 3.00. The van der Waals surface area contributed by atoms with E-state index < -0.39 is 0 Å². The van der Waals surface area contributed by atoms with E-state index in [1.54, 1.807) is 30.3 Å². The van der Waals surface area contributed by atoms with E-state index in [9.17, 15) is 9.59 Å². The van der Waals surface area contributed by atoms with Crippen LogP contribution in [-0.4, -0.2) is 35.8 Å². The number of hydrogen-bond donors (Lipinski definition) is 0. The van der Waals surface area contributed by atoms with Crippen molar-refractivity contribution in [2.45, 2.75) is 13.5 Å². The smallest absolute Gasteiger partial charge is 0.293 e. The Morgan fingerprint density at radius 1 is 0.950 bits per heavy atom. The fraction of sp³-hybridized carbons (Fsp3) is 0.161. The zero-order valence-corrected chi connectivity index (χ0v) is 24.7. The van der Waals surface area contributed by atoms with E-state index in [1.165, 1.54) is 4.90 Å². The Morgan fingerprint density at radius 2 is 1.73 bits per heavy atom. The van der Waals surface area contributed by atoms with Gasteiger partial charge in [0, 0.05) is 5.02 Å². The number of fused-ring (bicyclic) bond motifs is 1. The molecule has 0 atom stereocenters. The standard InChI is InChI=1S/C31H25BrClNO5S/c1-2-37-27-17-20(16-26(32)29(27)39-19-22-8-5-7-21-6-3-4-9-25(21)22)18-28-30(35)34(31(36)40-28)14-15-38-24-12-10-23(33)11-13-24/h3-13,16-18H,2,14-15,19H2,1H3/b28-18-. The summed E-state index contributed by atoms with van der Waals surface area (Å²) >= 11 is 10.4. The van der Waals surface area contributed by atoms with Gasteiger partial charge in [-0.3, -0.25) is 14.5 Å². The first-order chi connectivity index (χ1) is 19.4. The summed E-state index contributed by atoms with van der Waals surface area (Å²) in [7, 11) is 0. The average molecular weight is 639 g/mol. The van der Waals surface area contributed by atoms with Gasteiger partial charge in [-0.25, -0.2) is 0 Å². The predicted octanol–water partition coefficient (Wildman–Crippen LogP) is 8.35. The molecule has 0 aliphatic carbocycles. The number of carbonyl (C=O) groups is 2. The van der Waals surface area contributed by atoms with Crippen LogP contribution in [0.15, 0.2) is 88.2 Å². The normalized spacial score (nSPS) is 14.3. The van der Waals surface area contributed by atoms with Gasteiger partial charge in [-0.2, -0.15) is 0 Å². The van der Waals surface area contributed by atoms with Crippen molar-refractivity contribution in [1.29, 1.82) is 0 Å². The lowest BCUT2D eigenvalue weighted by atomic mass is 10.1. The molecular weight excluding hydrogens is 614 g/mol. The number of benzene rings is 4. The topological polar surface area (TPSA) is 65.1 Å². The van der Waals surface area contributed by atoms with Crippen molar-refractivity contribution >= 4 is 67.3 Å². The first-order valence-electron chi connectivity index (χ1n) is 12.6. The fourth-order valence-corrected chi connectivity index (χ4v) is 5.84. The molecule has 204 valence electrons. The molecule has 0 unspecified atom stereocenters. The molecule has 0 N–H and O–H groups in total. The molecule has 1 aliphatic heterocycles. The lowest BCUT2D eigenvalue weighted by Gasteiger charge is -2.16. The van der Waals surface area contributed by atoms with Crippen molar-refractivity contribution in [3.8, 4) is 17.2 Å². The molecule has 5 rings (SSSR count). The number of thioether (sulfide) groups is 1. The van der Waals surface area contributed by atoms with E-state index in [4.69, 9.17) is 25.8 Å². The van der Waals surface area contributed by atoms with E-state index in [1.807, 2.05) is 43.3 Å². The van der Waals surface area contributed by atoms with Crippen LogP contribution in [0.25, 0.3) is 16.8 Å². The Balaban J connectivity index is 1.30. The van der Waals surface area contributed by atoms with Crippen LogP contribution in [-0.2, 0) is 11.4 Å². The number of ether oxygens (including phenoxy) is 3. The highest BCUT2D eigenvalue weighted by Crippen LogP contribution is 2.40. The highest BCUT2D eigenvalue weighted by atomic mass is 79.9. The van der Waals surface area contributed by atoms with Gasteiger partial charge in [0.15, 0.2) is 11.5 Å². The number of nitrogens with zero attached hydrogens (tertiary/aromatic N) is 1. The molecule has 1 fully saturated rings. The number of imide groups is 1. The van der Waals surface area contributed by atoms with Crippen molar-refractivity contribution in [2.75, 3.05) is 19.8 Å². The van der Waals surface area contributed by atoms with Crippen LogP contribution in [0.1, 0.15) is 18.1 Å². The average Bonchev–Trinajstić information content (AvgIpc) is 3.21. The van der Waals surface area contributed by atoms with Crippen molar-refractivity contribution in [3.05, 3.63) is 104 Å². The second kappa shape index (κ2) is 12.8. The summed E-state index contributed by atoms with van der Waals surface area (Å²) in [5.41, 5.74) is 1.76. The van der Waals surface area contributed by atoms with Crippen molar-refractivity contribution in [3.63, 3.8) is 0 Å². The third kappa shape index (κ3) is 6.46. The van der Waals surface area contributed by atoms with Gasteiger partial charge in [0.25, 0.3) is 11.1 Å². The van der Waals surface area contributed by atoms with Gasteiger partial charge in [0.1, 0.15) is 19.0 Å². The number of halogens is 2. The molecule has 40 heavy (non-hydrogen) atoms. The molecule has 0 aromatic heterocycles. The Kier molecular flexibility index (Phi) is 8.99. The molecule has 9 heteroatoms. The zero-order chi connectivity index (χ0) is 28.1. The molecule has 4 aromatic rings. The quantitative estimate of drug-likeness (QED) is 0.163. The van der Waals surface area contributed by atoms with E-state index >= 15 is 0 Å². The molecule has 1 aliphatic rings. The van der Waals surface area contributed by atoms with Crippen LogP contribution in [0.2, 0.25) is 5.02 Å². The van der Waals surface area contributed by atoms with E-state index in [-0.39, 0.29) is 24.3 Å². The summed E-state index contributed by atoms with van der Waals surface area (Å²) in [5, 5.41) is 2.54. The number of carbonyl (C=O) groups excluding carboxylic acids is 2. The van der Waals surface area contributed by atoms with Gasteiger partial charge in [-0.05, 0) is 99.0 Å². The van der Waals surface area contributed by atoms with Crippen LogP contribution in [0.4, 0.5) is 4.79 Å². The Morgan fingerprint density at radius 3 is 2.52 bits per heavy atom. The molecule has 6 nitrogen and oxygen atoms in total. The lowest BCUT2D eigenvalue weighted by molar-refractivity contribution is -0.123. The third-order valence-electron chi connectivity index (χ3n) is 6.15. The van der Waals surface area contributed by atoms with E-state index in [0.29, 0.717) is 50.4 Å². The maximum atomic E-state index is 13.0. The highest BCUT2D eigenvalue weighted by molar-refractivity contribution is 9.10. The molecule has 0 bridgehead atoms. The largest absolute Gasteiger partial charge is 0.492 e. The summed E-state index contributed by atoms with van der Waals surface area (Å²) in [5.74, 6) is 1.36. The molecule has 1 saturated heterocycles. The number of amides is 2. The SMILES string of the molecule is CCOc1cc(/C=C2\SC(=O)N(CCOc3ccc(Cl)cc3)C2=O)cc(Br)c1OCc1cccc2ccccc12. The molecule has 1 heterocycles. The lowest BCUT2D eigenvalue weighted by Crippen LogP contribution is -2.32. The first kappa shape index (κ1) is 28.1. The second-order valence-electron chi connectivity index (χ2n) is 8.83. The van der Waals surface area contributed by atoms with Crippen molar-refractivity contribution in [2.24, 2.45) is 0 Å². The molecular formula is C31H25BrClNO5S. The van der Waals surface area contributed by atoms with Crippen LogP contribution in [0, 0.1) is 0 Å². The minimum absolute atomic E-state index is 0.138.